The molecular weight excluding hydrogens is 173 g/mol. The minimum Gasteiger partial charge on any atom is -0.349 e. The Bertz CT molecular complexity index is 228. The molecule has 0 saturated carbocycles. The van der Waals surface area contributed by atoms with Crippen LogP contribution in [0.15, 0.2) is 30.3 Å². The van der Waals surface area contributed by atoms with E-state index in [1.807, 2.05) is 30.3 Å². The fraction of sp³-hybridized carbons (Fsp3) is 0.250. The zero-order valence-corrected chi connectivity index (χ0v) is 7.48. The average molecular weight is 185 g/mol. The van der Waals surface area contributed by atoms with Gasteiger partial charge in [-0.15, -0.1) is 0 Å². The quantitative estimate of drug-likeness (QED) is 0.610. The van der Waals surface area contributed by atoms with Crippen molar-refractivity contribution >= 4 is 8.38 Å². The topological polar surface area (TPSA) is 66.5 Å². The molecule has 0 bridgehead atoms. The van der Waals surface area contributed by atoms with Crippen molar-refractivity contribution in [3.05, 3.63) is 35.9 Å². The van der Waals surface area contributed by atoms with Crippen LogP contribution in [0.5, 0.6) is 0 Å². The largest absolute Gasteiger partial charge is 0.349 e. The van der Waals surface area contributed by atoms with E-state index in [-0.39, 0.29) is 0 Å². The van der Waals surface area contributed by atoms with Gasteiger partial charge in [0.15, 0.2) is 8.38 Å². The minimum absolute atomic E-state index is 0.513. The van der Waals surface area contributed by atoms with Gasteiger partial charge in [-0.05, 0) is 12.0 Å². The highest BCUT2D eigenvalue weighted by molar-refractivity contribution is 7.45. The zero-order chi connectivity index (χ0) is 8.97. The van der Waals surface area contributed by atoms with Crippen molar-refractivity contribution in [2.24, 2.45) is 5.73 Å². The van der Waals surface area contributed by atoms with E-state index in [0.29, 0.717) is 6.42 Å². The van der Waals surface area contributed by atoms with Crippen LogP contribution in [-0.2, 0) is 6.42 Å². The van der Waals surface area contributed by atoms with Crippen molar-refractivity contribution in [1.29, 1.82) is 0 Å². The van der Waals surface area contributed by atoms with E-state index in [9.17, 15) is 0 Å². The zero-order valence-electron chi connectivity index (χ0n) is 6.59. The Morgan fingerprint density at radius 1 is 1.25 bits per heavy atom. The molecule has 3 nitrogen and oxygen atoms in total. The van der Waals surface area contributed by atoms with Crippen LogP contribution >= 0.6 is 8.38 Å². The number of hydrogen-bond donors (Lipinski definition) is 3. The molecule has 0 aromatic heterocycles. The Labute approximate surface area is 72.8 Å². The third kappa shape index (κ3) is 2.88. The molecular formula is C8H12NO2P. The van der Waals surface area contributed by atoms with Gasteiger partial charge in [0.05, 0.1) is 5.78 Å². The molecule has 4 heteroatoms. The molecule has 4 N–H and O–H groups in total. The van der Waals surface area contributed by atoms with E-state index in [0.717, 1.165) is 5.56 Å². The highest BCUT2D eigenvalue weighted by atomic mass is 31.2. The fourth-order valence-electron chi connectivity index (χ4n) is 0.937. The van der Waals surface area contributed by atoms with Crippen LogP contribution in [0.25, 0.3) is 0 Å². The number of hydrogen-bond acceptors (Lipinski definition) is 3. The molecule has 0 aliphatic rings. The van der Waals surface area contributed by atoms with Gasteiger partial charge in [-0.2, -0.15) is 0 Å². The van der Waals surface area contributed by atoms with Gasteiger partial charge in [-0.3, -0.25) is 0 Å². The molecule has 0 saturated heterocycles. The van der Waals surface area contributed by atoms with Crippen molar-refractivity contribution in [2.75, 3.05) is 0 Å². The van der Waals surface area contributed by atoms with Crippen LogP contribution in [-0.4, -0.2) is 15.6 Å². The Morgan fingerprint density at radius 3 is 2.33 bits per heavy atom. The average Bonchev–Trinajstić information content (AvgIpc) is 2.06. The van der Waals surface area contributed by atoms with Crippen molar-refractivity contribution in [3.63, 3.8) is 0 Å². The third-order valence-electron chi connectivity index (χ3n) is 1.58. The van der Waals surface area contributed by atoms with Crippen molar-refractivity contribution in [1.82, 2.24) is 0 Å². The lowest BCUT2D eigenvalue weighted by Gasteiger charge is -2.11. The predicted molar refractivity (Wildman–Crippen MR) is 49.5 cm³/mol. The number of benzene rings is 1. The van der Waals surface area contributed by atoms with Gasteiger partial charge < -0.3 is 15.5 Å². The monoisotopic (exact) mass is 185 g/mol. The minimum atomic E-state index is -2.01. The van der Waals surface area contributed by atoms with Gasteiger partial charge in [-0.1, -0.05) is 30.3 Å². The summed E-state index contributed by atoms with van der Waals surface area (Å²) in [6.45, 7) is 0. The van der Waals surface area contributed by atoms with Gasteiger partial charge in [0.2, 0.25) is 0 Å². The summed E-state index contributed by atoms with van der Waals surface area (Å²) in [7, 11) is -2.01. The summed E-state index contributed by atoms with van der Waals surface area (Å²) in [5.41, 5.74) is 6.51. The van der Waals surface area contributed by atoms with Crippen LogP contribution in [0.3, 0.4) is 0 Å². The first-order valence-electron chi connectivity index (χ1n) is 3.66. The van der Waals surface area contributed by atoms with Crippen molar-refractivity contribution < 1.29 is 9.79 Å². The first-order chi connectivity index (χ1) is 5.70. The molecule has 1 aromatic rings. The summed E-state index contributed by atoms with van der Waals surface area (Å²) in [5, 5.41) is 0. The molecule has 12 heavy (non-hydrogen) atoms. The van der Waals surface area contributed by atoms with Crippen LogP contribution in [0.1, 0.15) is 5.56 Å². The molecule has 0 aliphatic heterocycles. The summed E-state index contributed by atoms with van der Waals surface area (Å²) in [6, 6.07) is 9.55. The van der Waals surface area contributed by atoms with Crippen LogP contribution in [0.4, 0.5) is 0 Å². The first kappa shape index (κ1) is 9.62. The molecule has 1 aromatic carbocycles. The Balaban J connectivity index is 2.53. The summed E-state index contributed by atoms with van der Waals surface area (Å²) in [4.78, 5) is 17.6. The lowest BCUT2D eigenvalue weighted by atomic mass is 10.2. The van der Waals surface area contributed by atoms with E-state index in [1.165, 1.54) is 0 Å². The summed E-state index contributed by atoms with van der Waals surface area (Å²) in [6.07, 6.45) is 0.513. The molecule has 0 aliphatic carbocycles. The Morgan fingerprint density at radius 2 is 1.83 bits per heavy atom. The maximum absolute atomic E-state index is 8.78. The molecule has 0 radical (unpaired) electrons. The lowest BCUT2D eigenvalue weighted by Crippen LogP contribution is -2.20. The lowest BCUT2D eigenvalue weighted by molar-refractivity contribution is 0.464. The van der Waals surface area contributed by atoms with Gasteiger partial charge in [0, 0.05) is 0 Å². The van der Waals surface area contributed by atoms with Gasteiger partial charge in [-0.25, -0.2) is 0 Å². The van der Waals surface area contributed by atoms with Crippen LogP contribution < -0.4 is 5.73 Å². The maximum atomic E-state index is 8.78. The predicted octanol–water partition coefficient (Wildman–Crippen LogP) is 0.810. The second-order valence-corrected chi connectivity index (χ2v) is 3.88. The smallest absolute Gasteiger partial charge is 0.183 e. The summed E-state index contributed by atoms with van der Waals surface area (Å²) >= 11 is 0. The van der Waals surface area contributed by atoms with E-state index in [4.69, 9.17) is 15.5 Å². The molecule has 1 atom stereocenters. The third-order valence-corrected chi connectivity index (χ3v) is 2.36. The molecule has 0 spiro atoms. The second-order valence-electron chi connectivity index (χ2n) is 2.58. The standard InChI is InChI=1S/C8H12NO2P/c9-8(12(10)11)6-7-4-2-1-3-5-7/h1-5,8,10-11H,6,9H2/t8-/m0/s1. The van der Waals surface area contributed by atoms with Crippen molar-refractivity contribution in [3.8, 4) is 0 Å². The molecule has 66 valence electrons. The second kappa shape index (κ2) is 4.53. The van der Waals surface area contributed by atoms with Gasteiger partial charge in [0.25, 0.3) is 0 Å². The molecule has 0 unspecified atom stereocenters. The van der Waals surface area contributed by atoms with Gasteiger partial charge in [0.1, 0.15) is 0 Å². The Kier molecular flexibility index (Phi) is 3.63. The Hall–Kier alpha value is -0.470. The van der Waals surface area contributed by atoms with Crippen LogP contribution in [0.2, 0.25) is 0 Å². The van der Waals surface area contributed by atoms with Crippen molar-refractivity contribution in [2.45, 2.75) is 12.2 Å². The molecule has 0 heterocycles. The number of rotatable bonds is 3. The fourth-order valence-corrected chi connectivity index (χ4v) is 1.31. The van der Waals surface area contributed by atoms with Crippen LogP contribution in [0, 0.1) is 0 Å². The maximum Gasteiger partial charge on any atom is 0.183 e. The SMILES string of the molecule is N[C@H](Cc1ccccc1)P(O)O. The first-order valence-corrected chi connectivity index (χ1v) is 4.98. The van der Waals surface area contributed by atoms with E-state index in [1.54, 1.807) is 0 Å². The normalized spacial score (nSPS) is 13.3. The summed E-state index contributed by atoms with van der Waals surface area (Å²) < 4.78 is 0. The number of nitrogens with two attached hydrogens (primary N) is 1. The van der Waals surface area contributed by atoms with E-state index < -0.39 is 14.2 Å². The summed E-state index contributed by atoms with van der Waals surface area (Å²) in [5.74, 6) is -0.539. The van der Waals surface area contributed by atoms with E-state index in [2.05, 4.69) is 0 Å². The molecule has 0 fully saturated rings. The van der Waals surface area contributed by atoms with E-state index >= 15 is 0 Å². The molecule has 0 amide bonds. The highest BCUT2D eigenvalue weighted by Crippen LogP contribution is 2.29. The highest BCUT2D eigenvalue weighted by Gasteiger charge is 2.11. The molecule has 1 rings (SSSR count). The van der Waals surface area contributed by atoms with Gasteiger partial charge >= 0.3 is 0 Å².